The second kappa shape index (κ2) is 19.8. The summed E-state index contributed by atoms with van der Waals surface area (Å²) in [5, 5.41) is 32.8. The van der Waals surface area contributed by atoms with Gasteiger partial charge >= 0.3 is 19.5 Å². The molecule has 0 saturated carbocycles. The Morgan fingerprint density at radius 3 is 1.59 bits per heavy atom. The summed E-state index contributed by atoms with van der Waals surface area (Å²) in [6.45, 7) is 7.44. The normalized spacial score (nSPS) is 11.3. The summed E-state index contributed by atoms with van der Waals surface area (Å²) in [6.07, 6.45) is 2.11. The molecule has 0 bridgehead atoms. The number of allylic oxidation sites excluding steroid dienone is 4. The fourth-order valence-corrected chi connectivity index (χ4v) is 2.61. The molecule has 0 saturated heterocycles. The number of rotatable bonds is 6. The van der Waals surface area contributed by atoms with Gasteiger partial charge in [-0.2, -0.15) is 0 Å². The van der Waals surface area contributed by atoms with Crippen molar-refractivity contribution in [2.75, 3.05) is 0 Å². The zero-order valence-corrected chi connectivity index (χ0v) is 24.3. The average molecular weight is 613 g/mol. The first-order valence-electron chi connectivity index (χ1n) is 11.7. The predicted octanol–water partition coefficient (Wildman–Crippen LogP) is 5.82. The SMILES string of the molecule is CC(=O)/C=C(/C)[O-].CC(=O)/C=C(/C)[O-].Cc1ccc(/C(N=Nc2ccccc2)=N/[N-]c2ccccc2)cc1.[Ru+3]. The largest absolute Gasteiger partial charge is 3.00 e. The van der Waals surface area contributed by atoms with Crippen LogP contribution in [0, 0.1) is 6.92 Å². The van der Waals surface area contributed by atoms with Crippen LogP contribution < -0.4 is 10.2 Å². The van der Waals surface area contributed by atoms with Gasteiger partial charge in [-0.25, -0.2) is 0 Å². The molecule has 0 amide bonds. The topological polar surface area (TPSA) is 131 Å². The van der Waals surface area contributed by atoms with Gasteiger partial charge in [-0.15, -0.1) is 27.4 Å². The Morgan fingerprint density at radius 1 is 0.718 bits per heavy atom. The zero-order valence-electron chi connectivity index (χ0n) is 22.5. The van der Waals surface area contributed by atoms with Crippen molar-refractivity contribution in [2.24, 2.45) is 15.3 Å². The van der Waals surface area contributed by atoms with Gasteiger partial charge in [-0.3, -0.25) is 9.59 Å². The molecule has 0 fully saturated rings. The third kappa shape index (κ3) is 17.8. The van der Waals surface area contributed by atoms with E-state index in [2.05, 4.69) is 20.8 Å². The van der Waals surface area contributed by atoms with Gasteiger partial charge in [0.1, 0.15) is 0 Å². The van der Waals surface area contributed by atoms with Crippen LogP contribution in [0.15, 0.2) is 124 Å². The first-order valence-corrected chi connectivity index (χ1v) is 11.7. The van der Waals surface area contributed by atoms with E-state index in [0.29, 0.717) is 5.84 Å². The van der Waals surface area contributed by atoms with Gasteiger partial charge in [0.2, 0.25) is 0 Å². The van der Waals surface area contributed by atoms with Crippen molar-refractivity contribution in [3.8, 4) is 0 Å². The maximum atomic E-state index is 9.98. The molecule has 0 aliphatic heterocycles. The Balaban J connectivity index is 0.000000801. The molecular weight excluding hydrogens is 581 g/mol. The number of carbonyl (C=O) groups is 2. The number of hydrogen-bond donors (Lipinski definition) is 0. The summed E-state index contributed by atoms with van der Waals surface area (Å²) in [5.74, 6) is -0.275. The molecule has 0 unspecified atom stereocenters. The quantitative estimate of drug-likeness (QED) is 0.0660. The molecule has 0 aromatic heterocycles. The molecule has 3 rings (SSSR count). The van der Waals surface area contributed by atoms with Gasteiger partial charge < -0.3 is 20.7 Å². The van der Waals surface area contributed by atoms with E-state index in [4.69, 9.17) is 0 Å². The fourth-order valence-electron chi connectivity index (χ4n) is 2.61. The molecule has 0 heterocycles. The van der Waals surface area contributed by atoms with E-state index < -0.39 is 0 Å². The summed E-state index contributed by atoms with van der Waals surface area (Å²) in [5.41, 5.74) is 7.86. The second-order valence-corrected chi connectivity index (χ2v) is 7.99. The number of carbonyl (C=O) groups excluding carboxylic acids is 2. The van der Waals surface area contributed by atoms with Crippen LogP contribution in [0.4, 0.5) is 11.4 Å². The van der Waals surface area contributed by atoms with Crippen molar-refractivity contribution in [3.63, 3.8) is 0 Å². The van der Waals surface area contributed by atoms with E-state index in [0.717, 1.165) is 29.1 Å². The zero-order chi connectivity index (χ0) is 28.3. The standard InChI is InChI=1S/C20H17N4.2C5H8O2.Ru/c1-16-12-14-17(15-13-16)20(23-21-18-8-4-2-5-9-18)24-22-19-10-6-3-7-11-19;2*1-4(6)3-5(2)7;/h2-15H,1H3;2*3,6H,1-2H3;/q-1;;;+3/p-2/b23-20-,24-22?;2*4-3-;. The number of aryl methyl sites for hydroxylation is 1. The molecule has 8 nitrogen and oxygen atoms in total. The number of amidine groups is 1. The van der Waals surface area contributed by atoms with Crippen LogP contribution in [-0.2, 0) is 29.1 Å². The van der Waals surface area contributed by atoms with Crippen LogP contribution in [0.25, 0.3) is 5.43 Å². The van der Waals surface area contributed by atoms with Crippen LogP contribution in [0.5, 0.6) is 0 Å². The molecule has 0 atom stereocenters. The minimum Gasteiger partial charge on any atom is -0.876 e. The number of nitrogens with zero attached hydrogens (tertiary/aromatic N) is 4. The number of azo groups is 1. The molecule has 9 heteroatoms. The third-order valence-corrected chi connectivity index (χ3v) is 4.16. The molecule has 39 heavy (non-hydrogen) atoms. The van der Waals surface area contributed by atoms with Gasteiger partial charge in [0, 0.05) is 5.56 Å². The van der Waals surface area contributed by atoms with E-state index >= 15 is 0 Å². The molecule has 0 N–H and O–H groups in total. The molecule has 3 aromatic rings. The first kappa shape index (κ1) is 34.8. The summed E-state index contributed by atoms with van der Waals surface area (Å²) < 4.78 is 0. The smallest absolute Gasteiger partial charge is 0.876 e. The maximum absolute atomic E-state index is 9.98. The monoisotopic (exact) mass is 613 g/mol. The van der Waals surface area contributed by atoms with E-state index in [-0.39, 0.29) is 42.6 Å². The van der Waals surface area contributed by atoms with Gasteiger partial charge in [0.15, 0.2) is 17.4 Å². The van der Waals surface area contributed by atoms with Crippen LogP contribution in [0.1, 0.15) is 38.8 Å². The minimum atomic E-state index is -0.187. The van der Waals surface area contributed by atoms with Crippen molar-refractivity contribution in [1.82, 2.24) is 0 Å². The molecule has 0 spiro atoms. The van der Waals surface area contributed by atoms with Gasteiger partial charge in [0.25, 0.3) is 0 Å². The van der Waals surface area contributed by atoms with Crippen molar-refractivity contribution in [2.45, 2.75) is 34.6 Å². The summed E-state index contributed by atoms with van der Waals surface area (Å²) in [4.78, 5) is 20.0. The van der Waals surface area contributed by atoms with Crippen molar-refractivity contribution >= 4 is 28.8 Å². The van der Waals surface area contributed by atoms with E-state index in [1.54, 1.807) is 0 Å². The van der Waals surface area contributed by atoms with Crippen molar-refractivity contribution < 1.29 is 39.3 Å². The fraction of sp³-hybridized carbons (Fsp3) is 0.167. The van der Waals surface area contributed by atoms with Gasteiger partial charge in [-0.1, -0.05) is 92.2 Å². The molecule has 1 radical (unpaired) electrons. The predicted molar refractivity (Wildman–Crippen MR) is 147 cm³/mol. The Labute approximate surface area is 242 Å². The van der Waals surface area contributed by atoms with Crippen LogP contribution in [0.2, 0.25) is 0 Å². The number of benzene rings is 3. The maximum Gasteiger partial charge on any atom is 3.00 e. The molecule has 3 aromatic carbocycles. The molecule has 0 aliphatic rings. The number of hydrogen-bond acceptors (Lipinski definition) is 6. The summed E-state index contributed by atoms with van der Waals surface area (Å²) in [6, 6.07) is 27.1. The summed E-state index contributed by atoms with van der Waals surface area (Å²) >= 11 is 0. The van der Waals surface area contributed by atoms with Crippen LogP contribution >= 0.6 is 0 Å². The average Bonchev–Trinajstić information content (AvgIpc) is 2.85. The minimum absolute atomic E-state index is 0. The number of ketones is 2. The van der Waals surface area contributed by atoms with Gasteiger partial charge in [-0.05, 0) is 45.1 Å². The molecule has 0 aliphatic carbocycles. The second-order valence-electron chi connectivity index (χ2n) is 7.99. The Hall–Kier alpha value is -4.23. The van der Waals surface area contributed by atoms with E-state index in [9.17, 15) is 19.8 Å². The van der Waals surface area contributed by atoms with Gasteiger partial charge in [0.05, 0.1) is 5.69 Å². The Morgan fingerprint density at radius 2 is 1.18 bits per heavy atom. The van der Waals surface area contributed by atoms with Crippen LogP contribution in [0.3, 0.4) is 0 Å². The third-order valence-electron chi connectivity index (χ3n) is 4.16. The summed E-state index contributed by atoms with van der Waals surface area (Å²) in [7, 11) is 0. The van der Waals surface area contributed by atoms with E-state index in [1.165, 1.54) is 33.3 Å². The Kier molecular flexibility index (Phi) is 17.7. The van der Waals surface area contributed by atoms with Crippen molar-refractivity contribution in [1.29, 1.82) is 0 Å². The molecule has 203 valence electrons. The Bertz CT molecular complexity index is 1240. The molecular formula is C30H31N4O4Ru. The first-order chi connectivity index (χ1) is 18.1. The van der Waals surface area contributed by atoms with Crippen LogP contribution in [-0.4, -0.2) is 17.4 Å². The van der Waals surface area contributed by atoms with Crippen molar-refractivity contribution in [3.05, 3.63) is 125 Å². The van der Waals surface area contributed by atoms with E-state index in [1.807, 2.05) is 91.9 Å².